The minimum Gasteiger partial charge on any atom is -0.462 e. The molecular formula is C62H98O6. The molecule has 0 radical (unpaired) electrons. The first-order chi connectivity index (χ1) is 33.5. The normalized spacial score (nSPS) is 13.2. The fourth-order valence-corrected chi connectivity index (χ4v) is 6.87. The topological polar surface area (TPSA) is 78.9 Å². The van der Waals surface area contributed by atoms with Crippen LogP contribution in [0.4, 0.5) is 0 Å². The van der Waals surface area contributed by atoms with Gasteiger partial charge in [0.1, 0.15) is 13.2 Å². The van der Waals surface area contributed by atoms with Crippen LogP contribution in [-0.4, -0.2) is 37.2 Å². The van der Waals surface area contributed by atoms with Crippen LogP contribution >= 0.6 is 0 Å². The third-order valence-electron chi connectivity index (χ3n) is 10.9. The molecule has 68 heavy (non-hydrogen) atoms. The molecule has 0 N–H and O–H groups in total. The van der Waals surface area contributed by atoms with Gasteiger partial charge in [-0.15, -0.1) is 0 Å². The van der Waals surface area contributed by atoms with Crippen molar-refractivity contribution in [2.24, 2.45) is 0 Å². The Bertz CT molecular complexity index is 1500. The largest absolute Gasteiger partial charge is 0.462 e. The smallest absolute Gasteiger partial charge is 0.306 e. The molecule has 0 aliphatic rings. The molecule has 0 saturated heterocycles. The maximum atomic E-state index is 12.8. The number of hydrogen-bond donors (Lipinski definition) is 0. The first-order valence-corrected chi connectivity index (χ1v) is 27.2. The zero-order chi connectivity index (χ0) is 49.3. The van der Waals surface area contributed by atoms with Gasteiger partial charge in [-0.25, -0.2) is 0 Å². The Morgan fingerprint density at radius 1 is 0.324 bits per heavy atom. The van der Waals surface area contributed by atoms with Gasteiger partial charge < -0.3 is 14.2 Å². The second kappa shape index (κ2) is 55.1. The molecule has 0 heterocycles. The van der Waals surface area contributed by atoms with Gasteiger partial charge in [0.25, 0.3) is 0 Å². The van der Waals surface area contributed by atoms with E-state index in [1.165, 1.54) is 70.6 Å². The highest BCUT2D eigenvalue weighted by Crippen LogP contribution is 2.12. The average molecular weight is 939 g/mol. The lowest BCUT2D eigenvalue weighted by atomic mass is 10.1. The SMILES string of the molecule is CC/C=C\C/C=C\C/C=C\C/C=C\C/C=C\C/C=C\CCC(=O)OCC(COC(=O)CC/C=C\C/C=C\CCCCCCCC)OC(=O)CCCCCCC\C=C/C=C\C=C/CCCCCCC. The lowest BCUT2D eigenvalue weighted by Gasteiger charge is -2.18. The maximum Gasteiger partial charge on any atom is 0.306 e. The number of esters is 3. The van der Waals surface area contributed by atoms with Gasteiger partial charge in [-0.1, -0.05) is 231 Å². The predicted molar refractivity (Wildman–Crippen MR) is 292 cm³/mol. The van der Waals surface area contributed by atoms with Crippen molar-refractivity contribution in [1.82, 2.24) is 0 Å². The van der Waals surface area contributed by atoms with Crippen molar-refractivity contribution in [2.75, 3.05) is 13.2 Å². The monoisotopic (exact) mass is 939 g/mol. The molecule has 0 fully saturated rings. The minimum atomic E-state index is -0.847. The van der Waals surface area contributed by atoms with Crippen molar-refractivity contribution < 1.29 is 28.6 Å². The molecule has 382 valence electrons. The van der Waals surface area contributed by atoms with Crippen LogP contribution in [-0.2, 0) is 28.6 Å². The van der Waals surface area contributed by atoms with Crippen molar-refractivity contribution in [1.29, 1.82) is 0 Å². The molecule has 0 aromatic heterocycles. The second-order valence-electron chi connectivity index (χ2n) is 17.5. The standard InChI is InChI=1S/C62H98O6/c1-4-7-10-13-16-19-22-25-27-29-31-33-34-37-40-43-46-49-52-55-61(64)67-58-59(57-66-60(63)54-51-48-45-42-39-36-24-21-18-15-12-9-6-3)68-62(65)56-53-50-47-44-41-38-35-32-30-28-26-23-20-17-14-11-8-5-2/h7,10,16,19,23,25-28,30-33,35-37,39-40,45-46,48-49,59H,4-6,8-9,11-15,17-18,20-22,24,29,34,38,41-44,47,50-58H2,1-3H3/b10-7-,19-16-,26-23-,27-25-,30-28-,33-31-,35-32-,39-36-,40-37-,48-45-,49-46-. The van der Waals surface area contributed by atoms with Crippen molar-refractivity contribution >= 4 is 17.9 Å². The number of allylic oxidation sites excluding steroid dienone is 22. The molecule has 0 aromatic rings. The van der Waals surface area contributed by atoms with E-state index in [-0.39, 0.29) is 50.4 Å². The van der Waals surface area contributed by atoms with Gasteiger partial charge >= 0.3 is 17.9 Å². The number of rotatable bonds is 47. The van der Waals surface area contributed by atoms with Gasteiger partial charge in [0.15, 0.2) is 6.10 Å². The first kappa shape index (κ1) is 63.5. The Hall–Kier alpha value is -4.45. The molecule has 0 amide bonds. The van der Waals surface area contributed by atoms with Gasteiger partial charge in [0.05, 0.1) is 0 Å². The fraction of sp³-hybridized carbons (Fsp3) is 0.597. The van der Waals surface area contributed by atoms with Crippen LogP contribution in [0.1, 0.15) is 220 Å². The summed E-state index contributed by atoms with van der Waals surface area (Å²) < 4.78 is 16.7. The summed E-state index contributed by atoms with van der Waals surface area (Å²) in [6, 6.07) is 0. The van der Waals surface area contributed by atoms with Gasteiger partial charge in [-0.3, -0.25) is 14.4 Å². The molecule has 0 saturated carbocycles. The molecule has 0 spiro atoms. The minimum absolute atomic E-state index is 0.145. The second-order valence-corrected chi connectivity index (χ2v) is 17.5. The summed E-state index contributed by atoms with van der Waals surface area (Å²) in [4.78, 5) is 38.0. The Morgan fingerprint density at radius 2 is 0.662 bits per heavy atom. The Balaban J connectivity index is 4.62. The van der Waals surface area contributed by atoms with E-state index in [1.807, 2.05) is 18.2 Å². The summed E-state index contributed by atoms with van der Waals surface area (Å²) in [5, 5.41) is 0. The van der Waals surface area contributed by atoms with E-state index in [0.717, 1.165) is 96.3 Å². The molecule has 0 aliphatic carbocycles. The summed E-state index contributed by atoms with van der Waals surface area (Å²) in [6.45, 7) is 6.35. The molecule has 6 heteroatoms. The number of carbonyl (C=O) groups excluding carboxylic acids is 3. The molecule has 0 bridgehead atoms. The number of hydrogen-bond acceptors (Lipinski definition) is 6. The zero-order valence-electron chi connectivity index (χ0n) is 43.6. The Morgan fingerprint density at radius 3 is 1.07 bits per heavy atom. The first-order valence-electron chi connectivity index (χ1n) is 27.2. The van der Waals surface area contributed by atoms with Crippen LogP contribution in [0.5, 0.6) is 0 Å². The van der Waals surface area contributed by atoms with E-state index < -0.39 is 6.10 Å². The van der Waals surface area contributed by atoms with E-state index in [9.17, 15) is 14.4 Å². The summed E-state index contributed by atoms with van der Waals surface area (Å²) in [7, 11) is 0. The van der Waals surface area contributed by atoms with Crippen LogP contribution in [0.25, 0.3) is 0 Å². The van der Waals surface area contributed by atoms with E-state index in [2.05, 4.69) is 136 Å². The summed E-state index contributed by atoms with van der Waals surface area (Å²) in [5.41, 5.74) is 0. The van der Waals surface area contributed by atoms with Gasteiger partial charge in [-0.2, -0.15) is 0 Å². The molecule has 0 aromatic carbocycles. The molecule has 1 unspecified atom stereocenters. The highest BCUT2D eigenvalue weighted by molar-refractivity contribution is 5.71. The van der Waals surface area contributed by atoms with E-state index >= 15 is 0 Å². The van der Waals surface area contributed by atoms with Crippen molar-refractivity contribution in [3.63, 3.8) is 0 Å². The fourth-order valence-electron chi connectivity index (χ4n) is 6.87. The average Bonchev–Trinajstić information content (AvgIpc) is 3.34. The summed E-state index contributed by atoms with van der Waals surface area (Å²) in [5.74, 6) is -1.12. The molecule has 6 nitrogen and oxygen atoms in total. The van der Waals surface area contributed by atoms with Crippen LogP contribution in [0.15, 0.2) is 134 Å². The molecule has 0 aliphatic heterocycles. The Labute approximate surface area is 417 Å². The van der Waals surface area contributed by atoms with Crippen LogP contribution in [0.3, 0.4) is 0 Å². The highest BCUT2D eigenvalue weighted by atomic mass is 16.6. The molecule has 1 atom stereocenters. The van der Waals surface area contributed by atoms with E-state index in [4.69, 9.17) is 14.2 Å². The summed E-state index contributed by atoms with van der Waals surface area (Å²) in [6.07, 6.45) is 77.4. The van der Waals surface area contributed by atoms with E-state index in [1.54, 1.807) is 0 Å². The zero-order valence-corrected chi connectivity index (χ0v) is 43.6. The van der Waals surface area contributed by atoms with Crippen molar-refractivity contribution in [2.45, 2.75) is 226 Å². The number of ether oxygens (including phenoxy) is 3. The quantitative estimate of drug-likeness (QED) is 0.0199. The Kier molecular flexibility index (Phi) is 51.5. The third-order valence-corrected chi connectivity index (χ3v) is 10.9. The number of carbonyl (C=O) groups is 3. The lowest BCUT2D eigenvalue weighted by molar-refractivity contribution is -0.166. The molecular weight excluding hydrogens is 841 g/mol. The van der Waals surface area contributed by atoms with Crippen LogP contribution in [0.2, 0.25) is 0 Å². The van der Waals surface area contributed by atoms with Gasteiger partial charge in [0.2, 0.25) is 0 Å². The highest BCUT2D eigenvalue weighted by Gasteiger charge is 2.19. The van der Waals surface area contributed by atoms with Crippen LogP contribution in [0, 0.1) is 0 Å². The van der Waals surface area contributed by atoms with Gasteiger partial charge in [-0.05, 0) is 103 Å². The number of unbranched alkanes of at least 4 members (excludes halogenated alkanes) is 16. The summed E-state index contributed by atoms with van der Waals surface area (Å²) >= 11 is 0. The third kappa shape index (κ3) is 52.5. The van der Waals surface area contributed by atoms with Crippen LogP contribution < -0.4 is 0 Å². The molecule has 0 rings (SSSR count). The van der Waals surface area contributed by atoms with Crippen molar-refractivity contribution in [3.8, 4) is 0 Å². The lowest BCUT2D eigenvalue weighted by Crippen LogP contribution is -2.30. The van der Waals surface area contributed by atoms with Gasteiger partial charge in [0, 0.05) is 19.3 Å². The van der Waals surface area contributed by atoms with Crippen molar-refractivity contribution in [3.05, 3.63) is 134 Å². The van der Waals surface area contributed by atoms with E-state index in [0.29, 0.717) is 12.8 Å². The maximum absolute atomic E-state index is 12.8. The predicted octanol–water partition coefficient (Wildman–Crippen LogP) is 18.3.